The lowest BCUT2D eigenvalue weighted by molar-refractivity contribution is 0.0492. The average Bonchev–Trinajstić information content (AvgIpc) is 3.00. The maximum Gasteiger partial charge on any atom is 0.270 e. The van der Waals surface area contributed by atoms with Crippen LogP contribution in [0.3, 0.4) is 0 Å². The summed E-state index contributed by atoms with van der Waals surface area (Å²) in [5.41, 5.74) is 1.60. The molecule has 0 spiro atoms. The fraction of sp³-hybridized carbons (Fsp3) is 0.312. The number of amides is 1. The molecule has 6 nitrogen and oxygen atoms in total. The number of aryl methyl sites for hydroxylation is 2. The fourth-order valence-electron chi connectivity index (χ4n) is 3.05. The zero-order chi connectivity index (χ0) is 16.1. The van der Waals surface area contributed by atoms with Crippen molar-refractivity contribution >= 4 is 32.7 Å². The van der Waals surface area contributed by atoms with Gasteiger partial charge in [0, 0.05) is 28.5 Å². The Kier molecular flexibility index (Phi) is 3.26. The summed E-state index contributed by atoms with van der Waals surface area (Å²) < 4.78 is 2.92. The van der Waals surface area contributed by atoms with E-state index in [1.807, 2.05) is 47.7 Å². The molecule has 0 unspecified atom stereocenters. The molecule has 0 atom stereocenters. The maximum absolute atomic E-state index is 12.6. The minimum atomic E-state index is 0.0306. The highest BCUT2D eigenvalue weighted by Gasteiger charge is 2.34. The molecule has 23 heavy (non-hydrogen) atoms. The summed E-state index contributed by atoms with van der Waals surface area (Å²) in [4.78, 5) is 21.9. The zero-order valence-electron chi connectivity index (χ0n) is 12.9. The lowest BCUT2D eigenvalue weighted by Gasteiger charge is -2.39. The SMILES string of the molecule is Cc1nc(C)n(C2CN(C(=O)c3cc4cc(Br)ccc4[nH]3)C2)n1. The lowest BCUT2D eigenvalue weighted by Crippen LogP contribution is -2.51. The molecule has 0 radical (unpaired) electrons. The normalized spacial score (nSPS) is 15.2. The topological polar surface area (TPSA) is 66.8 Å². The van der Waals surface area contributed by atoms with Crippen molar-refractivity contribution in [2.75, 3.05) is 13.1 Å². The van der Waals surface area contributed by atoms with Crippen LogP contribution in [0.1, 0.15) is 28.2 Å². The van der Waals surface area contributed by atoms with E-state index in [0.717, 1.165) is 27.0 Å². The summed E-state index contributed by atoms with van der Waals surface area (Å²) in [6.07, 6.45) is 0. The van der Waals surface area contributed by atoms with Gasteiger partial charge >= 0.3 is 0 Å². The number of fused-ring (bicyclic) bond motifs is 1. The number of hydrogen-bond donors (Lipinski definition) is 1. The zero-order valence-corrected chi connectivity index (χ0v) is 14.5. The molecule has 1 saturated heterocycles. The van der Waals surface area contributed by atoms with Crippen molar-refractivity contribution < 1.29 is 4.79 Å². The van der Waals surface area contributed by atoms with Crippen LogP contribution in [0.4, 0.5) is 0 Å². The van der Waals surface area contributed by atoms with Crippen molar-refractivity contribution in [2.24, 2.45) is 0 Å². The minimum absolute atomic E-state index is 0.0306. The van der Waals surface area contributed by atoms with E-state index in [1.54, 1.807) is 0 Å². The Labute approximate surface area is 141 Å². The number of benzene rings is 1. The van der Waals surface area contributed by atoms with E-state index < -0.39 is 0 Å². The quantitative estimate of drug-likeness (QED) is 0.750. The number of nitrogens with zero attached hydrogens (tertiary/aromatic N) is 4. The van der Waals surface area contributed by atoms with Gasteiger partial charge in [0.25, 0.3) is 5.91 Å². The molecule has 1 aliphatic heterocycles. The molecule has 2 aromatic heterocycles. The van der Waals surface area contributed by atoms with Gasteiger partial charge in [0.15, 0.2) is 0 Å². The van der Waals surface area contributed by atoms with Crippen molar-refractivity contribution in [3.8, 4) is 0 Å². The molecule has 1 amide bonds. The molecule has 1 N–H and O–H groups in total. The first-order chi connectivity index (χ1) is 11.0. The number of likely N-dealkylation sites (tertiary alicyclic amines) is 1. The molecular weight excluding hydrogens is 358 g/mol. The second kappa shape index (κ2) is 5.19. The van der Waals surface area contributed by atoms with E-state index >= 15 is 0 Å². The summed E-state index contributed by atoms with van der Waals surface area (Å²) in [7, 11) is 0. The van der Waals surface area contributed by atoms with Crippen LogP contribution in [-0.4, -0.2) is 43.6 Å². The van der Waals surface area contributed by atoms with Crippen LogP contribution >= 0.6 is 15.9 Å². The van der Waals surface area contributed by atoms with Crippen LogP contribution < -0.4 is 0 Å². The predicted molar refractivity (Wildman–Crippen MR) is 90.4 cm³/mol. The van der Waals surface area contributed by atoms with Gasteiger partial charge in [-0.15, -0.1) is 0 Å². The van der Waals surface area contributed by atoms with Gasteiger partial charge in [0.2, 0.25) is 0 Å². The smallest absolute Gasteiger partial charge is 0.270 e. The number of carbonyl (C=O) groups is 1. The standard InChI is InChI=1S/C16H16BrN5O/c1-9-18-10(2)22(20-9)13-7-21(8-13)16(23)15-6-11-5-12(17)3-4-14(11)19-15/h3-6,13,19H,7-8H2,1-2H3. The molecule has 4 rings (SSSR count). The Hall–Kier alpha value is -2.15. The van der Waals surface area contributed by atoms with Crippen LogP contribution in [0, 0.1) is 13.8 Å². The predicted octanol–water partition coefficient (Wildman–Crippen LogP) is 2.84. The molecule has 3 aromatic rings. The van der Waals surface area contributed by atoms with Gasteiger partial charge in [-0.2, -0.15) is 5.10 Å². The largest absolute Gasteiger partial charge is 0.351 e. The van der Waals surface area contributed by atoms with Gasteiger partial charge in [-0.25, -0.2) is 9.67 Å². The van der Waals surface area contributed by atoms with Crippen LogP contribution in [-0.2, 0) is 0 Å². The summed E-state index contributed by atoms with van der Waals surface area (Å²) in [6.45, 7) is 5.16. The highest BCUT2D eigenvalue weighted by Crippen LogP contribution is 2.26. The Morgan fingerprint density at radius 2 is 2.09 bits per heavy atom. The fourth-order valence-corrected chi connectivity index (χ4v) is 3.43. The van der Waals surface area contributed by atoms with Crippen LogP contribution in [0.25, 0.3) is 10.9 Å². The molecular formula is C16H16BrN5O. The Balaban J connectivity index is 1.51. The highest BCUT2D eigenvalue weighted by atomic mass is 79.9. The number of halogens is 1. The van der Waals surface area contributed by atoms with Gasteiger partial charge in [-0.05, 0) is 38.1 Å². The van der Waals surface area contributed by atoms with E-state index in [2.05, 4.69) is 31.0 Å². The Morgan fingerprint density at radius 3 is 2.78 bits per heavy atom. The first-order valence-corrected chi connectivity index (χ1v) is 8.28. The third-order valence-corrected chi connectivity index (χ3v) is 4.71. The van der Waals surface area contributed by atoms with E-state index in [1.165, 1.54) is 0 Å². The Bertz CT molecular complexity index is 906. The summed E-state index contributed by atoms with van der Waals surface area (Å²) in [5, 5.41) is 5.43. The van der Waals surface area contributed by atoms with Crippen molar-refractivity contribution in [2.45, 2.75) is 19.9 Å². The molecule has 118 valence electrons. The number of aromatic amines is 1. The van der Waals surface area contributed by atoms with Gasteiger partial charge in [0.05, 0.1) is 6.04 Å². The molecule has 3 heterocycles. The van der Waals surface area contributed by atoms with Crippen molar-refractivity contribution in [3.05, 3.63) is 46.1 Å². The number of rotatable bonds is 2. The number of nitrogens with one attached hydrogen (secondary N) is 1. The second-order valence-corrected chi connectivity index (χ2v) is 6.85. The monoisotopic (exact) mass is 373 g/mol. The number of H-pyrrole nitrogens is 1. The molecule has 1 aliphatic rings. The van der Waals surface area contributed by atoms with E-state index in [4.69, 9.17) is 0 Å². The van der Waals surface area contributed by atoms with Gasteiger partial charge < -0.3 is 9.88 Å². The summed E-state index contributed by atoms with van der Waals surface area (Å²) >= 11 is 3.45. The summed E-state index contributed by atoms with van der Waals surface area (Å²) in [5.74, 6) is 1.70. The maximum atomic E-state index is 12.6. The van der Waals surface area contributed by atoms with Crippen LogP contribution in [0.2, 0.25) is 0 Å². The molecule has 1 aromatic carbocycles. The first kappa shape index (κ1) is 14.4. The van der Waals surface area contributed by atoms with Crippen LogP contribution in [0.15, 0.2) is 28.7 Å². The third kappa shape index (κ3) is 2.45. The number of aromatic nitrogens is 4. The number of carbonyl (C=O) groups excluding carboxylic acids is 1. The van der Waals surface area contributed by atoms with Gasteiger partial charge in [0.1, 0.15) is 17.3 Å². The van der Waals surface area contributed by atoms with Crippen molar-refractivity contribution in [3.63, 3.8) is 0 Å². The van der Waals surface area contributed by atoms with Crippen molar-refractivity contribution in [1.82, 2.24) is 24.6 Å². The number of hydrogen-bond acceptors (Lipinski definition) is 3. The van der Waals surface area contributed by atoms with E-state index in [9.17, 15) is 4.79 Å². The molecule has 0 aliphatic carbocycles. The molecule has 7 heteroatoms. The van der Waals surface area contributed by atoms with Crippen LogP contribution in [0.5, 0.6) is 0 Å². The molecule has 1 fully saturated rings. The van der Waals surface area contributed by atoms with Crippen molar-refractivity contribution in [1.29, 1.82) is 0 Å². The van der Waals surface area contributed by atoms with E-state index in [0.29, 0.717) is 18.8 Å². The molecule has 0 saturated carbocycles. The lowest BCUT2D eigenvalue weighted by atomic mass is 10.1. The summed E-state index contributed by atoms with van der Waals surface area (Å²) in [6, 6.07) is 8.06. The molecule has 0 bridgehead atoms. The second-order valence-electron chi connectivity index (χ2n) is 5.93. The van der Waals surface area contributed by atoms with Gasteiger partial charge in [-0.3, -0.25) is 4.79 Å². The highest BCUT2D eigenvalue weighted by molar-refractivity contribution is 9.10. The third-order valence-electron chi connectivity index (χ3n) is 4.22. The first-order valence-electron chi connectivity index (χ1n) is 7.48. The average molecular weight is 374 g/mol. The Morgan fingerprint density at radius 1 is 1.30 bits per heavy atom. The minimum Gasteiger partial charge on any atom is -0.351 e. The van der Waals surface area contributed by atoms with E-state index in [-0.39, 0.29) is 11.9 Å². The van der Waals surface area contributed by atoms with Gasteiger partial charge in [-0.1, -0.05) is 15.9 Å².